The number of H-pyrrole nitrogens is 1. The normalized spacial score (nSPS) is 16.1. The molecular weight excluding hydrogens is 317 g/mol. The highest BCUT2D eigenvalue weighted by molar-refractivity contribution is 6.03. The van der Waals surface area contributed by atoms with Crippen molar-refractivity contribution < 1.29 is 9.18 Å². The first-order valence-corrected chi connectivity index (χ1v) is 9.13. The zero-order chi connectivity index (χ0) is 17.6. The zero-order valence-corrected chi connectivity index (χ0v) is 14.7. The van der Waals surface area contributed by atoms with Crippen molar-refractivity contribution in [2.45, 2.75) is 38.5 Å². The van der Waals surface area contributed by atoms with E-state index in [0.29, 0.717) is 17.3 Å². The van der Waals surface area contributed by atoms with Gasteiger partial charge in [0.2, 0.25) is 0 Å². The molecule has 1 fully saturated rings. The Balaban J connectivity index is 1.54. The number of carbonyl (C=O) groups excluding carboxylic acids is 1. The number of benzene rings is 1. The molecule has 2 aromatic rings. The molecule has 2 N–H and O–H groups in total. The summed E-state index contributed by atoms with van der Waals surface area (Å²) in [6, 6.07) is 7.58. The molecule has 0 bridgehead atoms. The lowest BCUT2D eigenvalue weighted by Crippen LogP contribution is -2.33. The number of hydrogen-bond donors (Lipinski definition) is 2. The minimum absolute atomic E-state index is 0.234. The van der Waals surface area contributed by atoms with Crippen molar-refractivity contribution in [1.29, 1.82) is 0 Å². The fourth-order valence-corrected chi connectivity index (χ4v) is 3.39. The van der Waals surface area contributed by atoms with E-state index in [1.54, 1.807) is 0 Å². The van der Waals surface area contributed by atoms with Crippen LogP contribution in [-0.2, 0) is 0 Å². The summed E-state index contributed by atoms with van der Waals surface area (Å²) in [5.41, 5.74) is 1.70. The number of nitrogens with one attached hydrogen (secondary N) is 2. The number of nitrogens with zero attached hydrogens (tertiary/aromatic N) is 1. The van der Waals surface area contributed by atoms with Crippen molar-refractivity contribution in [2.75, 3.05) is 25.0 Å². The van der Waals surface area contributed by atoms with E-state index in [9.17, 15) is 9.18 Å². The predicted octanol–water partition coefficient (Wildman–Crippen LogP) is 4.39. The lowest BCUT2D eigenvalue weighted by molar-refractivity contribution is 0.102. The van der Waals surface area contributed by atoms with E-state index >= 15 is 0 Å². The number of anilines is 1. The van der Waals surface area contributed by atoms with E-state index in [0.717, 1.165) is 25.9 Å². The second-order valence-corrected chi connectivity index (χ2v) is 6.78. The first-order chi connectivity index (χ1) is 12.2. The van der Waals surface area contributed by atoms with Gasteiger partial charge in [-0.15, -0.1) is 0 Å². The molecule has 1 saturated heterocycles. The quantitative estimate of drug-likeness (QED) is 0.817. The van der Waals surface area contributed by atoms with Crippen molar-refractivity contribution in [3.05, 3.63) is 53.5 Å². The van der Waals surface area contributed by atoms with Crippen LogP contribution >= 0.6 is 0 Å². The Bertz CT molecular complexity index is 687. The third-order valence-electron chi connectivity index (χ3n) is 4.95. The molecule has 3 rings (SSSR count). The van der Waals surface area contributed by atoms with Crippen LogP contribution < -0.4 is 5.32 Å². The zero-order valence-electron chi connectivity index (χ0n) is 14.7. The summed E-state index contributed by atoms with van der Waals surface area (Å²) in [4.78, 5) is 17.9. The maximum atomic E-state index is 12.9. The number of unbranched alkanes of at least 4 members (excludes halogenated alkanes) is 1. The second kappa shape index (κ2) is 8.30. The number of likely N-dealkylation sites (tertiary alicyclic amines) is 1. The summed E-state index contributed by atoms with van der Waals surface area (Å²) < 4.78 is 12.9. The summed E-state index contributed by atoms with van der Waals surface area (Å²) >= 11 is 0. The maximum absolute atomic E-state index is 12.9. The summed E-state index contributed by atoms with van der Waals surface area (Å²) in [5, 5.41) is 2.85. The van der Waals surface area contributed by atoms with Gasteiger partial charge in [0.1, 0.15) is 11.6 Å². The van der Waals surface area contributed by atoms with Gasteiger partial charge in [-0.3, -0.25) is 4.79 Å². The van der Waals surface area contributed by atoms with Gasteiger partial charge in [0.05, 0.1) is 0 Å². The average Bonchev–Trinajstić information content (AvgIpc) is 3.09. The highest BCUT2D eigenvalue weighted by Gasteiger charge is 2.21. The van der Waals surface area contributed by atoms with Crippen LogP contribution in [0.5, 0.6) is 0 Å². The van der Waals surface area contributed by atoms with Crippen molar-refractivity contribution in [2.24, 2.45) is 0 Å². The molecule has 134 valence electrons. The summed E-state index contributed by atoms with van der Waals surface area (Å²) in [5.74, 6) is 0.662. The van der Waals surface area contributed by atoms with Crippen LogP contribution in [0.15, 0.2) is 36.5 Å². The van der Waals surface area contributed by atoms with Crippen LogP contribution in [0.1, 0.15) is 54.4 Å². The predicted molar refractivity (Wildman–Crippen MR) is 98.5 cm³/mol. The number of amides is 1. The van der Waals surface area contributed by atoms with E-state index < -0.39 is 0 Å². The van der Waals surface area contributed by atoms with Crippen LogP contribution in [0, 0.1) is 5.82 Å². The van der Waals surface area contributed by atoms with E-state index in [-0.39, 0.29) is 11.7 Å². The minimum atomic E-state index is -0.344. The van der Waals surface area contributed by atoms with Gasteiger partial charge < -0.3 is 15.2 Å². The van der Waals surface area contributed by atoms with E-state index in [2.05, 4.69) is 22.1 Å². The van der Waals surface area contributed by atoms with E-state index in [4.69, 9.17) is 0 Å². The van der Waals surface area contributed by atoms with E-state index in [1.807, 2.05) is 12.3 Å². The van der Waals surface area contributed by atoms with E-state index in [1.165, 1.54) is 49.2 Å². The largest absolute Gasteiger partial charge is 0.348 e. The number of aromatic nitrogens is 1. The smallest absolute Gasteiger partial charge is 0.256 e. The Morgan fingerprint density at radius 1 is 1.28 bits per heavy atom. The Kier molecular flexibility index (Phi) is 5.87. The highest BCUT2D eigenvalue weighted by atomic mass is 19.1. The lowest BCUT2D eigenvalue weighted by atomic mass is 9.91. The molecule has 1 amide bonds. The first kappa shape index (κ1) is 17.7. The number of rotatable bonds is 6. The second-order valence-electron chi connectivity index (χ2n) is 6.78. The van der Waals surface area contributed by atoms with Crippen molar-refractivity contribution in [3.63, 3.8) is 0 Å². The van der Waals surface area contributed by atoms with Gasteiger partial charge in [-0.25, -0.2) is 4.39 Å². The van der Waals surface area contributed by atoms with Gasteiger partial charge >= 0.3 is 0 Å². The van der Waals surface area contributed by atoms with Gasteiger partial charge in [-0.05, 0) is 80.7 Å². The molecule has 1 aliphatic rings. The number of hydrogen-bond acceptors (Lipinski definition) is 2. The molecule has 25 heavy (non-hydrogen) atoms. The average molecular weight is 343 g/mol. The molecule has 0 spiro atoms. The molecule has 0 radical (unpaired) electrons. The van der Waals surface area contributed by atoms with Crippen molar-refractivity contribution in [3.8, 4) is 0 Å². The van der Waals surface area contributed by atoms with Gasteiger partial charge in [0, 0.05) is 11.8 Å². The number of aromatic amines is 1. The molecule has 1 aromatic heterocycles. The van der Waals surface area contributed by atoms with Gasteiger partial charge in [0.15, 0.2) is 0 Å². The van der Waals surface area contributed by atoms with Crippen molar-refractivity contribution >= 4 is 11.7 Å². The highest BCUT2D eigenvalue weighted by Crippen LogP contribution is 2.29. The van der Waals surface area contributed by atoms with Gasteiger partial charge in [-0.1, -0.05) is 13.3 Å². The van der Waals surface area contributed by atoms with Crippen molar-refractivity contribution in [1.82, 2.24) is 9.88 Å². The van der Waals surface area contributed by atoms with Crippen LogP contribution in [0.3, 0.4) is 0 Å². The first-order valence-electron chi connectivity index (χ1n) is 9.13. The van der Waals surface area contributed by atoms with Gasteiger partial charge in [-0.2, -0.15) is 0 Å². The van der Waals surface area contributed by atoms with Crippen LogP contribution in [0.4, 0.5) is 10.2 Å². The molecule has 0 aliphatic carbocycles. The minimum Gasteiger partial charge on any atom is -0.348 e. The molecular formula is C20H26FN3O. The Labute approximate surface area is 148 Å². The number of halogens is 1. The van der Waals surface area contributed by atoms with Crippen LogP contribution in [0.25, 0.3) is 0 Å². The Morgan fingerprint density at radius 3 is 2.68 bits per heavy atom. The summed E-state index contributed by atoms with van der Waals surface area (Å²) in [6.45, 7) is 5.73. The summed E-state index contributed by atoms with van der Waals surface area (Å²) in [7, 11) is 0. The third-order valence-corrected chi connectivity index (χ3v) is 4.95. The molecule has 1 aliphatic heterocycles. The third kappa shape index (κ3) is 4.69. The molecule has 5 heteroatoms. The number of piperidine rings is 1. The Hall–Kier alpha value is -2.14. The topological polar surface area (TPSA) is 48.1 Å². The molecule has 1 aromatic carbocycles. The Morgan fingerprint density at radius 2 is 2.00 bits per heavy atom. The molecule has 0 atom stereocenters. The van der Waals surface area contributed by atoms with Crippen LogP contribution in [0.2, 0.25) is 0 Å². The standard InChI is InChI=1S/C20H26FN3O/c1-2-3-10-24-11-8-15(9-12-24)17-13-19(22-14-17)23-20(25)16-4-6-18(21)7-5-16/h4-7,13-15,22H,2-3,8-12H2,1H3,(H,23,25). The number of carbonyl (C=O) groups is 1. The molecule has 4 nitrogen and oxygen atoms in total. The lowest BCUT2D eigenvalue weighted by Gasteiger charge is -2.31. The van der Waals surface area contributed by atoms with Gasteiger partial charge in [0.25, 0.3) is 5.91 Å². The molecule has 2 heterocycles. The molecule has 0 unspecified atom stereocenters. The fraction of sp³-hybridized carbons (Fsp3) is 0.450. The maximum Gasteiger partial charge on any atom is 0.256 e. The SMILES string of the molecule is CCCCN1CCC(c2c[nH]c(NC(=O)c3ccc(F)cc3)c2)CC1. The van der Waals surface area contributed by atoms with Crippen LogP contribution in [-0.4, -0.2) is 35.4 Å². The monoisotopic (exact) mass is 343 g/mol. The fourth-order valence-electron chi connectivity index (χ4n) is 3.39. The molecule has 0 saturated carbocycles. The summed E-state index contributed by atoms with van der Waals surface area (Å²) in [6.07, 6.45) is 6.83.